The van der Waals surface area contributed by atoms with Gasteiger partial charge >= 0.3 is 6.03 Å². The molecule has 0 saturated carbocycles. The topological polar surface area (TPSA) is 61.8 Å². The molecule has 1 aliphatic rings. The van der Waals surface area contributed by atoms with Crippen LogP contribution in [0.5, 0.6) is 0 Å². The third-order valence-electron chi connectivity index (χ3n) is 2.24. The van der Waals surface area contributed by atoms with E-state index in [1.165, 1.54) is 0 Å². The number of hydrazone groups is 1. The molecule has 17 heavy (non-hydrogen) atoms. The van der Waals surface area contributed by atoms with Gasteiger partial charge in [0.15, 0.2) is 0 Å². The molecule has 5 nitrogen and oxygen atoms in total. The largest absolute Gasteiger partial charge is 0.344 e. The fourth-order valence-electron chi connectivity index (χ4n) is 1.35. The SMILES string of the molecule is CSc1ccc(/C=N\N2CC(=O)NC2=O)cc1. The lowest BCUT2D eigenvalue weighted by atomic mass is 10.2. The first-order valence-electron chi connectivity index (χ1n) is 4.98. The highest BCUT2D eigenvalue weighted by Crippen LogP contribution is 2.14. The number of hydrogen-bond donors (Lipinski definition) is 1. The number of amides is 3. The second-order valence-corrected chi connectivity index (χ2v) is 4.31. The molecule has 6 heteroatoms. The van der Waals surface area contributed by atoms with Crippen molar-refractivity contribution in [1.29, 1.82) is 0 Å². The maximum Gasteiger partial charge on any atom is 0.344 e. The summed E-state index contributed by atoms with van der Waals surface area (Å²) < 4.78 is 0. The summed E-state index contributed by atoms with van der Waals surface area (Å²) in [5.41, 5.74) is 0.884. The summed E-state index contributed by atoms with van der Waals surface area (Å²) in [4.78, 5) is 23.3. The molecule has 3 amide bonds. The highest BCUT2D eigenvalue weighted by molar-refractivity contribution is 7.98. The number of carbonyl (C=O) groups excluding carboxylic acids is 2. The molecule has 0 aliphatic carbocycles. The number of benzene rings is 1. The van der Waals surface area contributed by atoms with Crippen molar-refractivity contribution in [3.8, 4) is 0 Å². The van der Waals surface area contributed by atoms with E-state index in [0.29, 0.717) is 0 Å². The summed E-state index contributed by atoms with van der Waals surface area (Å²) >= 11 is 1.66. The van der Waals surface area contributed by atoms with Gasteiger partial charge in [-0.3, -0.25) is 10.1 Å². The lowest BCUT2D eigenvalue weighted by molar-refractivity contribution is -0.118. The van der Waals surface area contributed by atoms with Crippen LogP contribution in [0.1, 0.15) is 5.56 Å². The van der Waals surface area contributed by atoms with Crippen molar-refractivity contribution in [2.75, 3.05) is 12.8 Å². The average Bonchev–Trinajstić information content (AvgIpc) is 2.66. The van der Waals surface area contributed by atoms with Crippen LogP contribution in [0, 0.1) is 0 Å². The molecule has 0 spiro atoms. The van der Waals surface area contributed by atoms with Crippen LogP contribution in [-0.2, 0) is 4.79 Å². The van der Waals surface area contributed by atoms with Gasteiger partial charge in [0.2, 0.25) is 5.91 Å². The molecule has 2 rings (SSSR count). The van der Waals surface area contributed by atoms with Crippen molar-refractivity contribution < 1.29 is 9.59 Å². The standard InChI is InChI=1S/C11H11N3O2S/c1-17-9-4-2-8(3-5-9)6-12-14-7-10(15)13-11(14)16/h2-6H,7H2,1H3,(H,13,15,16)/b12-6-. The van der Waals surface area contributed by atoms with Gasteiger partial charge in [-0.15, -0.1) is 11.8 Å². The Morgan fingerprint density at radius 1 is 1.35 bits per heavy atom. The molecule has 0 atom stereocenters. The average molecular weight is 249 g/mol. The predicted molar refractivity (Wildman–Crippen MR) is 66.1 cm³/mol. The van der Waals surface area contributed by atoms with E-state index in [1.807, 2.05) is 30.5 Å². The second kappa shape index (κ2) is 5.01. The third-order valence-corrected chi connectivity index (χ3v) is 2.98. The summed E-state index contributed by atoms with van der Waals surface area (Å²) in [6, 6.07) is 7.28. The van der Waals surface area contributed by atoms with Crippen LogP contribution in [0.15, 0.2) is 34.3 Å². The van der Waals surface area contributed by atoms with Crippen molar-refractivity contribution in [1.82, 2.24) is 10.3 Å². The molecule has 0 unspecified atom stereocenters. The maximum absolute atomic E-state index is 11.2. The minimum atomic E-state index is -0.480. The summed E-state index contributed by atoms with van der Waals surface area (Å²) in [6.45, 7) is -0.0156. The van der Waals surface area contributed by atoms with Crippen molar-refractivity contribution in [3.05, 3.63) is 29.8 Å². The van der Waals surface area contributed by atoms with E-state index in [2.05, 4.69) is 10.4 Å². The number of nitrogens with one attached hydrogen (secondary N) is 1. The lowest BCUT2D eigenvalue weighted by Crippen LogP contribution is -2.24. The summed E-state index contributed by atoms with van der Waals surface area (Å²) in [5.74, 6) is -0.329. The fourth-order valence-corrected chi connectivity index (χ4v) is 1.76. The Bertz CT molecular complexity index is 470. The highest BCUT2D eigenvalue weighted by atomic mass is 32.2. The molecule has 1 aromatic rings. The molecular formula is C11H11N3O2S. The molecule has 0 radical (unpaired) electrons. The zero-order chi connectivity index (χ0) is 12.3. The van der Waals surface area contributed by atoms with Crippen molar-refractivity contribution in [3.63, 3.8) is 0 Å². The molecule has 0 aromatic heterocycles. The lowest BCUT2D eigenvalue weighted by Gasteiger charge is -2.04. The van der Waals surface area contributed by atoms with Gasteiger partial charge < -0.3 is 0 Å². The van der Waals surface area contributed by atoms with Crippen LogP contribution in [-0.4, -0.2) is 36.0 Å². The minimum absolute atomic E-state index is 0.0156. The number of rotatable bonds is 3. The Balaban J connectivity index is 2.04. The van der Waals surface area contributed by atoms with E-state index in [1.54, 1.807) is 18.0 Å². The first-order chi connectivity index (χ1) is 8.19. The van der Waals surface area contributed by atoms with Crippen molar-refractivity contribution >= 4 is 29.9 Å². The van der Waals surface area contributed by atoms with Crippen molar-refractivity contribution in [2.24, 2.45) is 5.10 Å². The molecule has 0 bridgehead atoms. The third kappa shape index (κ3) is 2.85. The number of hydrogen-bond acceptors (Lipinski definition) is 4. The molecule has 1 saturated heterocycles. The zero-order valence-corrected chi connectivity index (χ0v) is 10.0. The van der Waals surface area contributed by atoms with E-state index in [4.69, 9.17) is 0 Å². The van der Waals surface area contributed by atoms with Crippen LogP contribution in [0.3, 0.4) is 0 Å². The summed E-state index contributed by atoms with van der Waals surface area (Å²) in [6.07, 6.45) is 3.56. The molecular weight excluding hydrogens is 238 g/mol. The van der Waals surface area contributed by atoms with Crippen LogP contribution in [0.2, 0.25) is 0 Å². The Hall–Kier alpha value is -1.82. The Morgan fingerprint density at radius 3 is 2.59 bits per heavy atom. The van der Waals surface area contributed by atoms with Crippen LogP contribution >= 0.6 is 11.8 Å². The van der Waals surface area contributed by atoms with E-state index in [-0.39, 0.29) is 12.5 Å². The predicted octanol–water partition coefficient (Wildman–Crippen LogP) is 1.29. The molecule has 1 heterocycles. The van der Waals surface area contributed by atoms with Gasteiger partial charge in [-0.1, -0.05) is 12.1 Å². The van der Waals surface area contributed by atoms with Gasteiger partial charge in [0.1, 0.15) is 6.54 Å². The smallest absolute Gasteiger partial charge is 0.275 e. The zero-order valence-electron chi connectivity index (χ0n) is 9.21. The first-order valence-corrected chi connectivity index (χ1v) is 6.21. The number of carbonyl (C=O) groups is 2. The second-order valence-electron chi connectivity index (χ2n) is 3.43. The summed E-state index contributed by atoms with van der Waals surface area (Å²) in [7, 11) is 0. The molecule has 1 aliphatic heterocycles. The van der Waals surface area contributed by atoms with E-state index < -0.39 is 6.03 Å². The Morgan fingerprint density at radius 2 is 2.06 bits per heavy atom. The van der Waals surface area contributed by atoms with E-state index in [9.17, 15) is 9.59 Å². The molecule has 1 fully saturated rings. The van der Waals surface area contributed by atoms with Crippen molar-refractivity contribution in [2.45, 2.75) is 4.90 Å². The van der Waals surface area contributed by atoms with Gasteiger partial charge in [-0.2, -0.15) is 5.10 Å². The first kappa shape index (κ1) is 11.7. The number of urea groups is 1. The van der Waals surface area contributed by atoms with E-state index in [0.717, 1.165) is 15.5 Å². The Labute approximate surface area is 103 Å². The summed E-state index contributed by atoms with van der Waals surface area (Å²) in [5, 5.41) is 7.20. The maximum atomic E-state index is 11.2. The highest BCUT2D eigenvalue weighted by Gasteiger charge is 2.25. The number of imide groups is 1. The fraction of sp³-hybridized carbons (Fsp3) is 0.182. The van der Waals surface area contributed by atoms with E-state index >= 15 is 0 Å². The van der Waals surface area contributed by atoms with Gasteiger partial charge in [0.25, 0.3) is 0 Å². The van der Waals surface area contributed by atoms with Crippen LogP contribution < -0.4 is 5.32 Å². The molecule has 1 aromatic carbocycles. The monoisotopic (exact) mass is 249 g/mol. The Kier molecular flexibility index (Phi) is 3.43. The minimum Gasteiger partial charge on any atom is -0.275 e. The van der Waals surface area contributed by atoms with Gasteiger partial charge in [-0.05, 0) is 24.0 Å². The quantitative estimate of drug-likeness (QED) is 0.499. The number of thioether (sulfide) groups is 1. The van der Waals surface area contributed by atoms with Gasteiger partial charge in [-0.25, -0.2) is 9.80 Å². The number of nitrogens with zero attached hydrogens (tertiary/aromatic N) is 2. The van der Waals surface area contributed by atoms with Gasteiger partial charge in [0, 0.05) is 4.90 Å². The van der Waals surface area contributed by atoms with Gasteiger partial charge in [0.05, 0.1) is 6.21 Å². The van der Waals surface area contributed by atoms with Crippen LogP contribution in [0.4, 0.5) is 4.79 Å². The molecule has 1 N–H and O–H groups in total. The molecule has 88 valence electrons. The normalized spacial score (nSPS) is 15.7. The van der Waals surface area contributed by atoms with Crippen LogP contribution in [0.25, 0.3) is 0 Å².